The molecule has 0 aliphatic rings. The van der Waals surface area contributed by atoms with Gasteiger partial charge in [0, 0.05) is 24.7 Å². The first-order chi connectivity index (χ1) is 18.6. The van der Waals surface area contributed by atoms with Crippen molar-refractivity contribution in [3.05, 3.63) is 84.2 Å². The van der Waals surface area contributed by atoms with Crippen LogP contribution in [0.25, 0.3) is 0 Å². The van der Waals surface area contributed by atoms with Crippen LogP contribution in [0.1, 0.15) is 19.4 Å². The molecule has 1 N–H and O–H groups in total. The highest BCUT2D eigenvalue weighted by Crippen LogP contribution is 2.34. The molecular formula is C28H32FN3O6S. The highest BCUT2D eigenvalue weighted by molar-refractivity contribution is 7.92. The van der Waals surface area contributed by atoms with E-state index in [1.54, 1.807) is 31.2 Å². The van der Waals surface area contributed by atoms with E-state index in [1.807, 2.05) is 0 Å². The maximum atomic E-state index is 14.5. The van der Waals surface area contributed by atoms with E-state index in [-0.39, 0.29) is 28.4 Å². The molecule has 1 atom stereocenters. The zero-order valence-electron chi connectivity index (χ0n) is 22.3. The minimum atomic E-state index is -4.25. The van der Waals surface area contributed by atoms with Crippen LogP contribution in [-0.4, -0.2) is 58.5 Å². The largest absolute Gasteiger partial charge is 0.493 e. The van der Waals surface area contributed by atoms with Crippen LogP contribution in [-0.2, 0) is 26.2 Å². The Hall–Kier alpha value is -4.12. The number of carbonyl (C=O) groups is 2. The fourth-order valence-electron chi connectivity index (χ4n) is 3.94. The standard InChI is InChI=1S/C28H32FN3O6S/c1-5-30-28(34)20(2)31(18-21-11-9-10-14-24(21)29)27(33)19-32(39(35,36)23-12-7-6-8-13-23)22-15-16-25(37-3)26(17-22)38-4/h6-17,20H,5,18-19H2,1-4H3,(H,30,34). The number of nitrogens with zero attached hydrogens (tertiary/aromatic N) is 2. The number of halogens is 1. The number of rotatable bonds is 12. The summed E-state index contributed by atoms with van der Waals surface area (Å²) in [6.07, 6.45) is 0. The molecule has 0 bridgehead atoms. The van der Waals surface area contributed by atoms with E-state index in [2.05, 4.69) is 5.32 Å². The van der Waals surface area contributed by atoms with Crippen LogP contribution >= 0.6 is 0 Å². The fourth-order valence-corrected chi connectivity index (χ4v) is 5.37. The van der Waals surface area contributed by atoms with Gasteiger partial charge in [0.05, 0.1) is 24.8 Å². The summed E-state index contributed by atoms with van der Waals surface area (Å²) < 4.78 is 53.7. The molecule has 0 radical (unpaired) electrons. The molecule has 0 aliphatic heterocycles. The van der Waals surface area contributed by atoms with E-state index in [4.69, 9.17) is 9.47 Å². The second-order valence-corrected chi connectivity index (χ2v) is 10.4. The van der Waals surface area contributed by atoms with Crippen molar-refractivity contribution in [3.63, 3.8) is 0 Å². The Morgan fingerprint density at radius 3 is 2.21 bits per heavy atom. The number of hydrogen-bond donors (Lipinski definition) is 1. The summed E-state index contributed by atoms with van der Waals surface area (Å²) in [5, 5.41) is 2.66. The molecule has 0 heterocycles. The van der Waals surface area contributed by atoms with Crippen LogP contribution in [0.3, 0.4) is 0 Å². The Morgan fingerprint density at radius 2 is 1.59 bits per heavy atom. The van der Waals surface area contributed by atoms with Crippen LogP contribution in [0.2, 0.25) is 0 Å². The predicted molar refractivity (Wildman–Crippen MR) is 146 cm³/mol. The van der Waals surface area contributed by atoms with Crippen LogP contribution < -0.4 is 19.1 Å². The molecule has 1 unspecified atom stereocenters. The number of amides is 2. The third kappa shape index (κ3) is 6.85. The number of methoxy groups -OCH3 is 2. The summed E-state index contributed by atoms with van der Waals surface area (Å²) in [5.41, 5.74) is 0.326. The van der Waals surface area contributed by atoms with E-state index >= 15 is 0 Å². The van der Waals surface area contributed by atoms with Crippen LogP contribution in [0.15, 0.2) is 77.7 Å². The average Bonchev–Trinajstić information content (AvgIpc) is 2.95. The molecule has 3 aromatic rings. The Labute approximate surface area is 228 Å². The summed E-state index contributed by atoms with van der Waals surface area (Å²) in [6.45, 7) is 2.67. The molecule has 11 heteroatoms. The van der Waals surface area contributed by atoms with E-state index in [0.29, 0.717) is 12.3 Å². The molecular weight excluding hydrogens is 525 g/mol. The highest BCUT2D eigenvalue weighted by atomic mass is 32.2. The highest BCUT2D eigenvalue weighted by Gasteiger charge is 2.33. The topological polar surface area (TPSA) is 105 Å². The van der Waals surface area contributed by atoms with Crippen LogP contribution in [0.4, 0.5) is 10.1 Å². The lowest BCUT2D eigenvalue weighted by atomic mass is 10.1. The molecule has 0 saturated carbocycles. The van der Waals surface area contributed by atoms with Crippen molar-refractivity contribution in [2.45, 2.75) is 31.3 Å². The van der Waals surface area contributed by atoms with Crippen molar-refractivity contribution in [2.24, 2.45) is 0 Å². The lowest BCUT2D eigenvalue weighted by Crippen LogP contribution is -2.51. The quantitative estimate of drug-likeness (QED) is 0.365. The van der Waals surface area contributed by atoms with Gasteiger partial charge in [-0.25, -0.2) is 12.8 Å². The maximum Gasteiger partial charge on any atom is 0.264 e. The van der Waals surface area contributed by atoms with Gasteiger partial charge in [-0.3, -0.25) is 13.9 Å². The van der Waals surface area contributed by atoms with Gasteiger partial charge in [0.1, 0.15) is 18.4 Å². The van der Waals surface area contributed by atoms with Crippen molar-refractivity contribution >= 4 is 27.5 Å². The molecule has 0 aliphatic carbocycles. The van der Waals surface area contributed by atoms with Crippen molar-refractivity contribution in [3.8, 4) is 11.5 Å². The first kappa shape index (κ1) is 29.4. The van der Waals surface area contributed by atoms with Crippen molar-refractivity contribution in [2.75, 3.05) is 31.6 Å². The molecule has 0 fully saturated rings. The summed E-state index contributed by atoms with van der Waals surface area (Å²) in [7, 11) is -1.39. The second kappa shape index (κ2) is 13.1. The lowest BCUT2D eigenvalue weighted by molar-refractivity contribution is -0.139. The minimum Gasteiger partial charge on any atom is -0.493 e. The van der Waals surface area contributed by atoms with Gasteiger partial charge in [-0.1, -0.05) is 36.4 Å². The Morgan fingerprint density at radius 1 is 0.949 bits per heavy atom. The normalized spacial score (nSPS) is 11.8. The third-order valence-electron chi connectivity index (χ3n) is 6.08. The average molecular weight is 558 g/mol. The molecule has 0 spiro atoms. The zero-order valence-corrected chi connectivity index (χ0v) is 23.1. The number of ether oxygens (including phenoxy) is 2. The van der Waals surface area contributed by atoms with Gasteiger partial charge in [-0.2, -0.15) is 0 Å². The molecule has 208 valence electrons. The zero-order chi connectivity index (χ0) is 28.6. The molecule has 3 rings (SSSR count). The third-order valence-corrected chi connectivity index (χ3v) is 7.87. The van der Waals surface area contributed by atoms with Gasteiger partial charge in [-0.15, -0.1) is 0 Å². The number of hydrogen-bond acceptors (Lipinski definition) is 6. The first-order valence-corrected chi connectivity index (χ1v) is 13.7. The summed E-state index contributed by atoms with van der Waals surface area (Å²) in [6, 6.07) is 17.0. The number of sulfonamides is 1. The van der Waals surface area contributed by atoms with Crippen LogP contribution in [0, 0.1) is 5.82 Å². The fraction of sp³-hybridized carbons (Fsp3) is 0.286. The number of benzene rings is 3. The van der Waals surface area contributed by atoms with E-state index in [1.165, 1.54) is 69.7 Å². The van der Waals surface area contributed by atoms with E-state index in [9.17, 15) is 22.4 Å². The van der Waals surface area contributed by atoms with Crippen molar-refractivity contribution in [1.29, 1.82) is 0 Å². The van der Waals surface area contributed by atoms with Gasteiger partial charge in [0.15, 0.2) is 11.5 Å². The molecule has 2 amide bonds. The summed E-state index contributed by atoms with van der Waals surface area (Å²) in [4.78, 5) is 27.7. The second-order valence-electron chi connectivity index (χ2n) is 8.55. The minimum absolute atomic E-state index is 0.0370. The maximum absolute atomic E-state index is 14.5. The first-order valence-electron chi connectivity index (χ1n) is 12.2. The molecule has 39 heavy (non-hydrogen) atoms. The van der Waals surface area contributed by atoms with Crippen molar-refractivity contribution < 1.29 is 31.9 Å². The summed E-state index contributed by atoms with van der Waals surface area (Å²) in [5.74, 6) is -1.07. The number of carbonyl (C=O) groups excluding carboxylic acids is 2. The smallest absolute Gasteiger partial charge is 0.264 e. The molecule has 3 aromatic carbocycles. The van der Waals surface area contributed by atoms with Crippen LogP contribution in [0.5, 0.6) is 11.5 Å². The van der Waals surface area contributed by atoms with Crippen molar-refractivity contribution in [1.82, 2.24) is 10.2 Å². The van der Waals surface area contributed by atoms with E-state index in [0.717, 1.165) is 9.21 Å². The molecule has 9 nitrogen and oxygen atoms in total. The number of nitrogens with one attached hydrogen (secondary N) is 1. The van der Waals surface area contributed by atoms with Gasteiger partial charge in [-0.05, 0) is 44.2 Å². The molecule has 0 aromatic heterocycles. The Balaban J connectivity index is 2.09. The summed E-state index contributed by atoms with van der Waals surface area (Å²) >= 11 is 0. The number of likely N-dealkylation sites (N-methyl/N-ethyl adjacent to an activating group) is 1. The van der Waals surface area contributed by atoms with Gasteiger partial charge in [0.25, 0.3) is 10.0 Å². The predicted octanol–water partition coefficient (Wildman–Crippen LogP) is 3.59. The number of anilines is 1. The van der Waals surface area contributed by atoms with E-state index < -0.39 is 40.2 Å². The van der Waals surface area contributed by atoms with Gasteiger partial charge >= 0.3 is 0 Å². The lowest BCUT2D eigenvalue weighted by Gasteiger charge is -2.32. The van der Waals surface area contributed by atoms with Gasteiger partial charge < -0.3 is 19.7 Å². The Bertz CT molecular complexity index is 1400. The van der Waals surface area contributed by atoms with Gasteiger partial charge in [0.2, 0.25) is 11.8 Å². The SMILES string of the molecule is CCNC(=O)C(C)N(Cc1ccccc1F)C(=O)CN(c1ccc(OC)c(OC)c1)S(=O)(=O)c1ccccc1. The monoisotopic (exact) mass is 557 g/mol. The molecule has 0 saturated heterocycles. The Kier molecular flexibility index (Phi) is 9.89.